The molecule has 0 bridgehead atoms. The van der Waals surface area contributed by atoms with Crippen LogP contribution in [0.3, 0.4) is 0 Å². The number of benzene rings is 1. The molecule has 3 N–H and O–H groups in total. The van der Waals surface area contributed by atoms with E-state index in [0.29, 0.717) is 22.8 Å². The zero-order valence-corrected chi connectivity index (χ0v) is 15.4. The Hall–Kier alpha value is -3.82. The first-order valence-corrected chi connectivity index (χ1v) is 8.22. The Kier molecular flexibility index (Phi) is 5.03. The van der Waals surface area contributed by atoms with Gasteiger partial charge in [0.25, 0.3) is 11.5 Å². The third-order valence-electron chi connectivity index (χ3n) is 4.09. The van der Waals surface area contributed by atoms with Gasteiger partial charge in [-0.15, -0.1) is 0 Å². The number of amides is 1. The number of carbonyl (C=O) groups is 1. The highest BCUT2D eigenvalue weighted by atomic mass is 16.5. The monoisotopic (exact) mass is 386 g/mol. The number of methoxy groups -OCH3 is 1. The maximum absolute atomic E-state index is 12.3. The van der Waals surface area contributed by atoms with Crippen molar-refractivity contribution in [1.82, 2.24) is 19.9 Å². The van der Waals surface area contributed by atoms with Crippen molar-refractivity contribution in [3.8, 4) is 23.0 Å². The summed E-state index contributed by atoms with van der Waals surface area (Å²) < 4.78 is 11.7. The van der Waals surface area contributed by atoms with Gasteiger partial charge in [-0.3, -0.25) is 14.6 Å². The van der Waals surface area contributed by atoms with Crippen molar-refractivity contribution in [2.24, 2.45) is 7.05 Å². The van der Waals surface area contributed by atoms with E-state index < -0.39 is 17.2 Å². The summed E-state index contributed by atoms with van der Waals surface area (Å²) in [5.74, 6) is 0.351. The summed E-state index contributed by atoms with van der Waals surface area (Å²) in [6.45, 7) is 1.69. The molecule has 10 heteroatoms. The van der Waals surface area contributed by atoms with E-state index in [2.05, 4.69) is 15.3 Å². The quantitative estimate of drug-likeness (QED) is 0.586. The molecule has 0 aliphatic rings. The molecule has 0 saturated heterocycles. The molecule has 10 nitrogen and oxygen atoms in total. The van der Waals surface area contributed by atoms with Crippen LogP contribution in [0.2, 0.25) is 0 Å². The summed E-state index contributed by atoms with van der Waals surface area (Å²) in [5, 5.41) is 12.5. The van der Waals surface area contributed by atoms with Gasteiger partial charge in [0.05, 0.1) is 13.7 Å². The number of aromatic amines is 1. The summed E-state index contributed by atoms with van der Waals surface area (Å²) in [6.07, 6.45) is 1.16. The van der Waals surface area contributed by atoms with Gasteiger partial charge < -0.3 is 24.1 Å². The van der Waals surface area contributed by atoms with Crippen molar-refractivity contribution >= 4 is 5.91 Å². The number of phenolic OH excluding ortho intramolecular Hbond substituents is 1. The van der Waals surface area contributed by atoms with Crippen LogP contribution < -0.4 is 21.3 Å². The van der Waals surface area contributed by atoms with Gasteiger partial charge in [0.2, 0.25) is 5.89 Å². The molecule has 1 aromatic carbocycles. The number of aromatic nitrogens is 3. The first-order valence-electron chi connectivity index (χ1n) is 8.22. The van der Waals surface area contributed by atoms with Crippen molar-refractivity contribution in [2.45, 2.75) is 13.5 Å². The average molecular weight is 386 g/mol. The molecule has 146 valence electrons. The van der Waals surface area contributed by atoms with Crippen molar-refractivity contribution < 1.29 is 19.1 Å². The molecule has 1 amide bonds. The first-order chi connectivity index (χ1) is 13.3. The molecule has 0 spiro atoms. The van der Waals surface area contributed by atoms with E-state index in [1.54, 1.807) is 19.1 Å². The molecular formula is C18H18N4O6. The van der Waals surface area contributed by atoms with E-state index in [1.165, 1.54) is 20.2 Å². The topological polar surface area (TPSA) is 139 Å². The number of nitrogens with zero attached hydrogens (tertiary/aromatic N) is 2. The van der Waals surface area contributed by atoms with Gasteiger partial charge in [-0.1, -0.05) is 0 Å². The van der Waals surface area contributed by atoms with Crippen LogP contribution in [0, 0.1) is 6.92 Å². The number of hydrogen-bond donors (Lipinski definition) is 3. The zero-order chi connectivity index (χ0) is 20.4. The molecule has 3 aromatic rings. The van der Waals surface area contributed by atoms with Gasteiger partial charge in [0.1, 0.15) is 17.0 Å². The number of oxazole rings is 1. The summed E-state index contributed by atoms with van der Waals surface area (Å²) in [5.41, 5.74) is -0.579. The zero-order valence-electron chi connectivity index (χ0n) is 15.4. The Labute approximate surface area is 158 Å². The molecular weight excluding hydrogens is 368 g/mol. The highest BCUT2D eigenvalue weighted by Gasteiger charge is 2.16. The lowest BCUT2D eigenvalue weighted by Gasteiger charge is -2.04. The maximum atomic E-state index is 12.3. The lowest BCUT2D eigenvalue weighted by molar-refractivity contribution is 0.0948. The second-order valence-corrected chi connectivity index (χ2v) is 6.00. The van der Waals surface area contributed by atoms with Gasteiger partial charge in [-0.05, 0) is 25.1 Å². The molecule has 0 radical (unpaired) electrons. The summed E-state index contributed by atoms with van der Waals surface area (Å²) in [6, 6.07) is 4.71. The average Bonchev–Trinajstić information content (AvgIpc) is 3.03. The van der Waals surface area contributed by atoms with E-state index >= 15 is 0 Å². The molecule has 0 aliphatic carbocycles. The second-order valence-electron chi connectivity index (χ2n) is 6.00. The van der Waals surface area contributed by atoms with Crippen molar-refractivity contribution in [1.29, 1.82) is 0 Å². The van der Waals surface area contributed by atoms with E-state index in [9.17, 15) is 19.5 Å². The second kappa shape index (κ2) is 7.43. The summed E-state index contributed by atoms with van der Waals surface area (Å²) >= 11 is 0. The molecule has 3 rings (SSSR count). The largest absolute Gasteiger partial charge is 0.504 e. The lowest BCUT2D eigenvalue weighted by atomic mass is 10.2. The van der Waals surface area contributed by atoms with Crippen molar-refractivity contribution in [3.63, 3.8) is 0 Å². The molecule has 0 unspecified atom stereocenters. The summed E-state index contributed by atoms with van der Waals surface area (Å²) in [4.78, 5) is 41.8. The Balaban J connectivity index is 1.78. The molecule has 28 heavy (non-hydrogen) atoms. The third-order valence-corrected chi connectivity index (χ3v) is 4.09. The van der Waals surface area contributed by atoms with E-state index in [1.807, 2.05) is 0 Å². The predicted molar refractivity (Wildman–Crippen MR) is 98.4 cm³/mol. The van der Waals surface area contributed by atoms with Gasteiger partial charge in [0.15, 0.2) is 11.5 Å². The molecule has 2 heterocycles. The van der Waals surface area contributed by atoms with E-state index in [0.717, 1.165) is 10.8 Å². The van der Waals surface area contributed by atoms with Crippen LogP contribution in [0.15, 0.2) is 38.4 Å². The van der Waals surface area contributed by atoms with Crippen LogP contribution in [-0.4, -0.2) is 32.7 Å². The molecule has 0 saturated carbocycles. The summed E-state index contributed by atoms with van der Waals surface area (Å²) in [7, 11) is 2.87. The minimum absolute atomic E-state index is 0.0125. The number of ether oxygens (including phenoxy) is 1. The highest BCUT2D eigenvalue weighted by molar-refractivity contribution is 5.93. The van der Waals surface area contributed by atoms with E-state index in [-0.39, 0.29) is 23.7 Å². The molecule has 0 fully saturated rings. The molecule has 0 atom stereocenters. The fourth-order valence-corrected chi connectivity index (χ4v) is 2.52. The lowest BCUT2D eigenvalue weighted by Crippen LogP contribution is -2.36. The number of aryl methyl sites for hydroxylation is 2. The van der Waals surface area contributed by atoms with E-state index in [4.69, 9.17) is 9.15 Å². The minimum Gasteiger partial charge on any atom is -0.504 e. The van der Waals surface area contributed by atoms with Gasteiger partial charge in [-0.25, -0.2) is 9.78 Å². The third kappa shape index (κ3) is 3.65. The van der Waals surface area contributed by atoms with Crippen LogP contribution >= 0.6 is 0 Å². The number of H-pyrrole nitrogens is 1. The van der Waals surface area contributed by atoms with Crippen molar-refractivity contribution in [2.75, 3.05) is 7.11 Å². The van der Waals surface area contributed by atoms with Gasteiger partial charge in [0, 0.05) is 18.8 Å². The smallest absolute Gasteiger partial charge is 0.328 e. The molecule has 2 aromatic heterocycles. The Morgan fingerprint density at radius 3 is 2.82 bits per heavy atom. The number of carbonyl (C=O) groups excluding carboxylic acids is 1. The van der Waals surface area contributed by atoms with Crippen LogP contribution in [0.4, 0.5) is 0 Å². The Bertz CT molecular complexity index is 1160. The van der Waals surface area contributed by atoms with Crippen molar-refractivity contribution in [3.05, 3.63) is 62.3 Å². The minimum atomic E-state index is -0.771. The van der Waals surface area contributed by atoms with Crippen LogP contribution in [-0.2, 0) is 13.6 Å². The van der Waals surface area contributed by atoms with Crippen LogP contribution in [0.25, 0.3) is 11.5 Å². The number of phenols is 1. The number of hydrogen-bond acceptors (Lipinski definition) is 7. The van der Waals surface area contributed by atoms with Gasteiger partial charge >= 0.3 is 5.69 Å². The van der Waals surface area contributed by atoms with Crippen LogP contribution in [0.5, 0.6) is 11.5 Å². The SMILES string of the molecule is COc1ccc(-c2nc(CNC(=O)c3cn(C)c(=O)[nH]c3=O)c(C)o2)cc1O. The number of rotatable bonds is 5. The maximum Gasteiger partial charge on any atom is 0.328 e. The van der Waals surface area contributed by atoms with Crippen LogP contribution in [0.1, 0.15) is 21.8 Å². The number of aromatic hydroxyl groups is 1. The fourth-order valence-electron chi connectivity index (χ4n) is 2.52. The highest BCUT2D eigenvalue weighted by Crippen LogP contribution is 2.31. The predicted octanol–water partition coefficient (Wildman–Crippen LogP) is 0.681. The number of nitrogens with one attached hydrogen (secondary N) is 2. The molecule has 0 aliphatic heterocycles. The Morgan fingerprint density at radius 1 is 1.39 bits per heavy atom. The Morgan fingerprint density at radius 2 is 2.14 bits per heavy atom. The first kappa shape index (κ1) is 19.0. The normalized spacial score (nSPS) is 10.7. The standard InChI is InChI=1S/C18H18N4O6/c1-9-12(7-19-15(24)11-8-22(2)18(26)21-16(11)25)20-17(28-9)10-4-5-14(27-3)13(23)6-10/h4-6,8,23H,7H2,1-3H3,(H,19,24)(H,21,25,26). The fraction of sp³-hybridized carbons (Fsp3) is 0.222. The van der Waals surface area contributed by atoms with Gasteiger partial charge in [-0.2, -0.15) is 0 Å².